The van der Waals surface area contributed by atoms with Gasteiger partial charge in [-0.15, -0.1) is 0 Å². The molecule has 0 spiro atoms. The average molecular weight is 232 g/mol. The highest BCUT2D eigenvalue weighted by Gasteiger charge is 2.42. The Bertz CT molecular complexity index is 216. The first-order chi connectivity index (χ1) is 7.72. The summed E-state index contributed by atoms with van der Waals surface area (Å²) < 4.78 is 11.0. The fourth-order valence-corrected chi connectivity index (χ4v) is 2.41. The van der Waals surface area contributed by atoms with Crippen molar-refractivity contribution >= 4 is 0 Å². The van der Waals surface area contributed by atoms with Crippen molar-refractivity contribution in [3.05, 3.63) is 0 Å². The van der Waals surface area contributed by atoms with E-state index in [2.05, 4.69) is 0 Å². The van der Waals surface area contributed by atoms with E-state index in [9.17, 15) is 10.2 Å². The molecule has 2 aliphatic rings. The van der Waals surface area contributed by atoms with E-state index in [0.717, 1.165) is 19.3 Å². The van der Waals surface area contributed by atoms with E-state index in [1.807, 2.05) is 0 Å². The Morgan fingerprint density at radius 1 is 1.19 bits per heavy atom. The minimum atomic E-state index is -0.914. The van der Waals surface area contributed by atoms with Crippen LogP contribution in [0.25, 0.3) is 0 Å². The summed E-state index contributed by atoms with van der Waals surface area (Å²) in [7, 11) is 0. The summed E-state index contributed by atoms with van der Waals surface area (Å²) in [5.41, 5.74) is 0. The predicted molar refractivity (Wildman–Crippen MR) is 55.7 cm³/mol. The van der Waals surface area contributed by atoms with Crippen molar-refractivity contribution in [2.75, 3.05) is 13.2 Å². The number of hydrogen-bond donors (Lipinski definition) is 3. The Morgan fingerprint density at radius 3 is 2.56 bits per heavy atom. The van der Waals surface area contributed by atoms with Crippen LogP contribution in [0, 0.1) is 5.92 Å². The largest absolute Gasteiger partial charge is 0.396 e. The van der Waals surface area contributed by atoms with Crippen molar-refractivity contribution in [1.29, 1.82) is 0 Å². The molecule has 0 aromatic heterocycles. The third-order valence-corrected chi connectivity index (χ3v) is 3.45. The number of aliphatic hydroxyl groups is 3. The SMILES string of the molecule is OCC1CC(OC2CCCCO2)C(O)C1O. The van der Waals surface area contributed by atoms with Gasteiger partial charge in [-0.2, -0.15) is 0 Å². The van der Waals surface area contributed by atoms with E-state index in [-0.39, 0.29) is 18.8 Å². The van der Waals surface area contributed by atoms with Crippen LogP contribution in [0.4, 0.5) is 0 Å². The Kier molecular flexibility index (Phi) is 4.16. The number of aliphatic hydroxyl groups excluding tert-OH is 3. The lowest BCUT2D eigenvalue weighted by atomic mass is 10.1. The van der Waals surface area contributed by atoms with E-state index in [4.69, 9.17) is 14.6 Å². The van der Waals surface area contributed by atoms with Crippen molar-refractivity contribution in [1.82, 2.24) is 0 Å². The van der Waals surface area contributed by atoms with Crippen LogP contribution in [0.15, 0.2) is 0 Å². The molecule has 5 nitrogen and oxygen atoms in total. The van der Waals surface area contributed by atoms with E-state index in [0.29, 0.717) is 13.0 Å². The van der Waals surface area contributed by atoms with Crippen molar-refractivity contribution in [2.24, 2.45) is 5.92 Å². The van der Waals surface area contributed by atoms with Crippen molar-refractivity contribution in [2.45, 2.75) is 50.3 Å². The standard InChI is InChI=1S/C11H20O5/c12-6-7-5-8(11(14)10(7)13)16-9-3-1-2-4-15-9/h7-14H,1-6H2. The molecule has 0 radical (unpaired) electrons. The van der Waals surface area contributed by atoms with Gasteiger partial charge in [-0.05, 0) is 25.7 Å². The highest BCUT2D eigenvalue weighted by Crippen LogP contribution is 2.30. The van der Waals surface area contributed by atoms with Crippen LogP contribution in [-0.4, -0.2) is 53.1 Å². The second-order valence-corrected chi connectivity index (χ2v) is 4.63. The molecule has 5 heteroatoms. The normalized spacial score (nSPS) is 44.8. The molecule has 0 aromatic carbocycles. The molecule has 5 atom stereocenters. The van der Waals surface area contributed by atoms with E-state index in [1.54, 1.807) is 0 Å². The number of ether oxygens (including phenoxy) is 2. The van der Waals surface area contributed by atoms with Gasteiger partial charge in [0.2, 0.25) is 0 Å². The summed E-state index contributed by atoms with van der Waals surface area (Å²) in [6.45, 7) is 0.572. The smallest absolute Gasteiger partial charge is 0.158 e. The molecule has 16 heavy (non-hydrogen) atoms. The highest BCUT2D eigenvalue weighted by molar-refractivity contribution is 4.92. The van der Waals surface area contributed by atoms with Gasteiger partial charge in [0.1, 0.15) is 6.10 Å². The van der Waals surface area contributed by atoms with Gasteiger partial charge in [-0.1, -0.05) is 0 Å². The fourth-order valence-electron chi connectivity index (χ4n) is 2.41. The lowest BCUT2D eigenvalue weighted by molar-refractivity contribution is -0.205. The summed E-state index contributed by atoms with van der Waals surface area (Å²) in [4.78, 5) is 0. The third-order valence-electron chi connectivity index (χ3n) is 3.45. The van der Waals surface area contributed by atoms with Gasteiger partial charge in [-0.3, -0.25) is 0 Å². The molecule has 0 bridgehead atoms. The van der Waals surface area contributed by atoms with E-state index < -0.39 is 18.3 Å². The van der Waals surface area contributed by atoms with Crippen LogP contribution in [-0.2, 0) is 9.47 Å². The van der Waals surface area contributed by atoms with Crippen LogP contribution >= 0.6 is 0 Å². The summed E-state index contributed by atoms with van der Waals surface area (Å²) >= 11 is 0. The molecule has 1 aliphatic carbocycles. The van der Waals surface area contributed by atoms with Gasteiger partial charge >= 0.3 is 0 Å². The first-order valence-electron chi connectivity index (χ1n) is 5.96. The molecular weight excluding hydrogens is 212 g/mol. The van der Waals surface area contributed by atoms with Crippen LogP contribution in [0.3, 0.4) is 0 Å². The van der Waals surface area contributed by atoms with Gasteiger partial charge in [0.25, 0.3) is 0 Å². The average Bonchev–Trinajstić information content (AvgIpc) is 2.58. The lowest BCUT2D eigenvalue weighted by Gasteiger charge is -2.27. The zero-order valence-corrected chi connectivity index (χ0v) is 9.29. The second-order valence-electron chi connectivity index (χ2n) is 4.63. The summed E-state index contributed by atoms with van der Waals surface area (Å²) in [5, 5.41) is 28.4. The maximum Gasteiger partial charge on any atom is 0.158 e. The monoisotopic (exact) mass is 232 g/mol. The minimum absolute atomic E-state index is 0.121. The number of rotatable bonds is 3. The third kappa shape index (κ3) is 2.55. The molecule has 94 valence electrons. The second kappa shape index (κ2) is 5.42. The quantitative estimate of drug-likeness (QED) is 0.619. The van der Waals surface area contributed by atoms with Crippen LogP contribution in [0.1, 0.15) is 25.7 Å². The molecule has 2 rings (SSSR count). The van der Waals surface area contributed by atoms with E-state index >= 15 is 0 Å². The van der Waals surface area contributed by atoms with Gasteiger partial charge < -0.3 is 24.8 Å². The summed E-state index contributed by atoms with van der Waals surface area (Å²) in [6.07, 6.45) is 0.950. The molecule has 3 N–H and O–H groups in total. The Labute approximate surface area is 95.0 Å². The van der Waals surface area contributed by atoms with Gasteiger partial charge in [0, 0.05) is 19.1 Å². The first kappa shape index (κ1) is 12.3. The molecule has 5 unspecified atom stereocenters. The molecule has 1 aliphatic heterocycles. The van der Waals surface area contributed by atoms with Gasteiger partial charge in [0.15, 0.2) is 6.29 Å². The lowest BCUT2D eigenvalue weighted by Crippen LogP contribution is -2.36. The molecule has 1 heterocycles. The van der Waals surface area contributed by atoms with Crippen LogP contribution in [0.5, 0.6) is 0 Å². The highest BCUT2D eigenvalue weighted by atomic mass is 16.7. The van der Waals surface area contributed by atoms with E-state index in [1.165, 1.54) is 0 Å². The summed E-state index contributed by atoms with van der Waals surface area (Å²) in [5.74, 6) is -0.288. The van der Waals surface area contributed by atoms with Crippen LogP contribution in [0.2, 0.25) is 0 Å². The van der Waals surface area contributed by atoms with Crippen LogP contribution < -0.4 is 0 Å². The predicted octanol–water partition coefficient (Wildman–Crippen LogP) is -0.368. The molecule has 1 saturated heterocycles. The summed E-state index contributed by atoms with van der Waals surface area (Å²) in [6, 6.07) is 0. The molecule has 2 fully saturated rings. The zero-order valence-electron chi connectivity index (χ0n) is 9.29. The topological polar surface area (TPSA) is 79.2 Å². The fraction of sp³-hybridized carbons (Fsp3) is 1.00. The maximum absolute atomic E-state index is 9.75. The first-order valence-corrected chi connectivity index (χ1v) is 5.96. The molecule has 0 aromatic rings. The molecular formula is C11H20O5. The Hall–Kier alpha value is -0.200. The van der Waals surface area contributed by atoms with Crippen molar-refractivity contribution in [3.8, 4) is 0 Å². The molecule has 1 saturated carbocycles. The van der Waals surface area contributed by atoms with Crippen molar-refractivity contribution < 1.29 is 24.8 Å². The zero-order chi connectivity index (χ0) is 11.5. The Balaban J connectivity index is 1.85. The molecule has 0 amide bonds. The number of hydrogen-bond acceptors (Lipinski definition) is 5. The van der Waals surface area contributed by atoms with Gasteiger partial charge in [0.05, 0.1) is 12.2 Å². The Morgan fingerprint density at radius 2 is 2.00 bits per heavy atom. The van der Waals surface area contributed by atoms with Crippen molar-refractivity contribution in [3.63, 3.8) is 0 Å². The minimum Gasteiger partial charge on any atom is -0.396 e. The van der Waals surface area contributed by atoms with Gasteiger partial charge in [-0.25, -0.2) is 0 Å². The maximum atomic E-state index is 9.75.